The fourth-order valence-electron chi connectivity index (χ4n) is 5.08. The molecule has 2 aromatic rings. The first-order valence-corrected chi connectivity index (χ1v) is 16.5. The van der Waals surface area contributed by atoms with Gasteiger partial charge in [0.1, 0.15) is 0 Å². The Labute approximate surface area is 240 Å². The number of hydrogen-bond acceptors (Lipinski definition) is 5. The first-order valence-electron chi connectivity index (χ1n) is 16.5. The third-order valence-corrected chi connectivity index (χ3v) is 7.54. The fraction of sp³-hybridized carbons (Fsp3) is 0.706. The van der Waals surface area contributed by atoms with Crippen LogP contribution in [-0.4, -0.2) is 23.1 Å². The summed E-state index contributed by atoms with van der Waals surface area (Å²) in [7, 11) is 0. The van der Waals surface area contributed by atoms with Gasteiger partial charge in [0.25, 0.3) is 0 Å². The van der Waals surface area contributed by atoms with Crippen LogP contribution in [0.25, 0.3) is 0 Å². The van der Waals surface area contributed by atoms with E-state index in [1.807, 2.05) is 24.5 Å². The molecule has 2 aromatic heterocycles. The van der Waals surface area contributed by atoms with Gasteiger partial charge in [-0.15, -0.1) is 0 Å². The number of aromatic nitrogens is 2. The number of pyridine rings is 2. The zero-order valence-electron chi connectivity index (χ0n) is 25.4. The number of anilines is 4. The lowest BCUT2D eigenvalue weighted by Crippen LogP contribution is -2.08. The second-order valence-electron chi connectivity index (χ2n) is 11.1. The monoisotopic (exact) mass is 537 g/mol. The van der Waals surface area contributed by atoms with Gasteiger partial charge in [-0.25, -0.2) is 9.97 Å². The number of nitrogens with zero attached hydrogens (tertiary/aromatic N) is 2. The molecule has 3 N–H and O–H groups in total. The van der Waals surface area contributed by atoms with Crippen molar-refractivity contribution >= 4 is 23.0 Å². The van der Waals surface area contributed by atoms with Crippen molar-refractivity contribution in [3.8, 4) is 0 Å². The summed E-state index contributed by atoms with van der Waals surface area (Å²) in [6.45, 7) is 6.52. The van der Waals surface area contributed by atoms with Crippen LogP contribution in [0.15, 0.2) is 36.7 Å². The van der Waals surface area contributed by atoms with E-state index in [4.69, 9.17) is 0 Å². The predicted molar refractivity (Wildman–Crippen MR) is 172 cm³/mol. The molecule has 0 aliphatic rings. The summed E-state index contributed by atoms with van der Waals surface area (Å²) in [4.78, 5) is 9.21. The van der Waals surface area contributed by atoms with E-state index >= 15 is 0 Å². The SMILES string of the molecule is CCCCCCCCCCCCNc1cccnc1Nc1ncccc1NCCCCCCCCCCCC. The fourth-order valence-corrected chi connectivity index (χ4v) is 5.08. The van der Waals surface area contributed by atoms with Gasteiger partial charge in [-0.2, -0.15) is 0 Å². The van der Waals surface area contributed by atoms with Crippen LogP contribution < -0.4 is 16.0 Å². The van der Waals surface area contributed by atoms with Crippen LogP contribution in [0.3, 0.4) is 0 Å². The van der Waals surface area contributed by atoms with Gasteiger partial charge in [0.05, 0.1) is 11.4 Å². The molecule has 39 heavy (non-hydrogen) atoms. The number of nitrogens with one attached hydrogen (secondary N) is 3. The molecule has 0 fully saturated rings. The Hall–Kier alpha value is -2.30. The maximum Gasteiger partial charge on any atom is 0.154 e. The maximum atomic E-state index is 4.61. The highest BCUT2D eigenvalue weighted by Crippen LogP contribution is 2.26. The van der Waals surface area contributed by atoms with Gasteiger partial charge in [0, 0.05) is 25.5 Å². The smallest absolute Gasteiger partial charge is 0.154 e. The molecule has 5 nitrogen and oxygen atoms in total. The Morgan fingerprint density at radius 2 is 0.795 bits per heavy atom. The molecule has 5 heteroatoms. The molecule has 2 heterocycles. The molecular formula is C34H59N5. The second-order valence-corrected chi connectivity index (χ2v) is 11.1. The van der Waals surface area contributed by atoms with Crippen molar-refractivity contribution in [3.63, 3.8) is 0 Å². The summed E-state index contributed by atoms with van der Waals surface area (Å²) < 4.78 is 0. The summed E-state index contributed by atoms with van der Waals surface area (Å²) >= 11 is 0. The van der Waals surface area contributed by atoms with Crippen molar-refractivity contribution in [3.05, 3.63) is 36.7 Å². The van der Waals surface area contributed by atoms with Crippen molar-refractivity contribution in [2.75, 3.05) is 29.0 Å². The summed E-state index contributed by atoms with van der Waals surface area (Å²) in [6.07, 6.45) is 30.8. The van der Waals surface area contributed by atoms with Crippen LogP contribution in [0.2, 0.25) is 0 Å². The molecular weight excluding hydrogens is 478 g/mol. The van der Waals surface area contributed by atoms with Crippen LogP contribution in [0.5, 0.6) is 0 Å². The minimum absolute atomic E-state index is 0.838. The quantitative estimate of drug-likeness (QED) is 0.104. The van der Waals surface area contributed by atoms with Crippen molar-refractivity contribution < 1.29 is 0 Å². The molecule has 0 bridgehead atoms. The third kappa shape index (κ3) is 16.4. The Bertz CT molecular complexity index is 757. The highest BCUT2D eigenvalue weighted by atomic mass is 15.1. The zero-order valence-corrected chi connectivity index (χ0v) is 25.4. The van der Waals surface area contributed by atoms with Crippen LogP contribution in [-0.2, 0) is 0 Å². The largest absolute Gasteiger partial charge is 0.382 e. The van der Waals surface area contributed by atoms with Crippen LogP contribution in [0.1, 0.15) is 142 Å². The van der Waals surface area contributed by atoms with Gasteiger partial charge in [-0.1, -0.05) is 129 Å². The minimum Gasteiger partial charge on any atom is -0.382 e. The molecule has 0 unspecified atom stereocenters. The summed E-state index contributed by atoms with van der Waals surface area (Å²) in [5, 5.41) is 10.7. The van der Waals surface area contributed by atoms with E-state index in [1.165, 1.54) is 128 Å². The van der Waals surface area contributed by atoms with Gasteiger partial charge in [0.15, 0.2) is 11.6 Å². The molecule has 0 aromatic carbocycles. The molecule has 0 amide bonds. The highest BCUT2D eigenvalue weighted by molar-refractivity contribution is 5.75. The van der Waals surface area contributed by atoms with E-state index in [2.05, 4.69) is 51.9 Å². The molecule has 220 valence electrons. The molecule has 0 atom stereocenters. The molecule has 0 spiro atoms. The van der Waals surface area contributed by atoms with Gasteiger partial charge in [-0.3, -0.25) is 0 Å². The lowest BCUT2D eigenvalue weighted by Gasteiger charge is -2.15. The van der Waals surface area contributed by atoms with Gasteiger partial charge >= 0.3 is 0 Å². The first kappa shape index (κ1) is 32.9. The van der Waals surface area contributed by atoms with Crippen molar-refractivity contribution in [1.82, 2.24) is 9.97 Å². The minimum atomic E-state index is 0.838. The molecule has 0 aliphatic carbocycles. The van der Waals surface area contributed by atoms with E-state index in [0.29, 0.717) is 0 Å². The molecule has 0 saturated carbocycles. The van der Waals surface area contributed by atoms with Gasteiger partial charge < -0.3 is 16.0 Å². The predicted octanol–water partition coefficient (Wildman–Crippen LogP) is 10.9. The normalized spacial score (nSPS) is 11.0. The van der Waals surface area contributed by atoms with Crippen molar-refractivity contribution in [2.45, 2.75) is 142 Å². The van der Waals surface area contributed by atoms with Crippen molar-refractivity contribution in [2.24, 2.45) is 0 Å². The Morgan fingerprint density at radius 1 is 0.462 bits per heavy atom. The number of unbranched alkanes of at least 4 members (excludes halogenated alkanes) is 18. The number of hydrogen-bond donors (Lipinski definition) is 3. The highest BCUT2D eigenvalue weighted by Gasteiger charge is 2.08. The third-order valence-electron chi connectivity index (χ3n) is 7.54. The van der Waals surface area contributed by atoms with Crippen LogP contribution in [0.4, 0.5) is 23.0 Å². The van der Waals surface area contributed by atoms with E-state index in [0.717, 1.165) is 36.1 Å². The topological polar surface area (TPSA) is 61.9 Å². The Kier molecular flexibility index (Phi) is 19.9. The van der Waals surface area contributed by atoms with E-state index in [-0.39, 0.29) is 0 Å². The number of rotatable bonds is 26. The summed E-state index contributed by atoms with van der Waals surface area (Å²) in [6, 6.07) is 8.20. The second kappa shape index (κ2) is 23.6. The molecule has 0 saturated heterocycles. The van der Waals surface area contributed by atoms with E-state index in [9.17, 15) is 0 Å². The molecule has 2 rings (SSSR count). The average molecular weight is 538 g/mol. The summed E-state index contributed by atoms with van der Waals surface area (Å²) in [5.41, 5.74) is 2.08. The summed E-state index contributed by atoms with van der Waals surface area (Å²) in [5.74, 6) is 1.68. The average Bonchev–Trinajstić information content (AvgIpc) is 2.96. The standard InChI is InChI=1S/C34H59N5/c1-3-5-7-9-11-13-15-17-19-21-27-35-31-25-23-29-37-33(31)39-34-32(26-24-30-38-34)36-28-22-20-18-16-14-12-10-8-6-4-2/h23-26,29-30,35-36H,3-22,27-28H2,1-2H3,(H,37,38,39). The Balaban J connectivity index is 1.64. The molecule has 0 radical (unpaired) electrons. The zero-order chi connectivity index (χ0) is 27.6. The first-order chi connectivity index (χ1) is 19.3. The van der Waals surface area contributed by atoms with Gasteiger partial charge in [0.2, 0.25) is 0 Å². The lowest BCUT2D eigenvalue weighted by atomic mass is 10.1. The van der Waals surface area contributed by atoms with Crippen LogP contribution in [0, 0.1) is 0 Å². The maximum absolute atomic E-state index is 4.61. The van der Waals surface area contributed by atoms with Crippen LogP contribution >= 0.6 is 0 Å². The van der Waals surface area contributed by atoms with Crippen molar-refractivity contribution in [1.29, 1.82) is 0 Å². The molecule has 0 aliphatic heterocycles. The van der Waals surface area contributed by atoms with E-state index < -0.39 is 0 Å². The van der Waals surface area contributed by atoms with E-state index in [1.54, 1.807) is 0 Å². The Morgan fingerprint density at radius 3 is 1.15 bits per heavy atom. The lowest BCUT2D eigenvalue weighted by molar-refractivity contribution is 0.560. The van der Waals surface area contributed by atoms with Gasteiger partial charge in [-0.05, 0) is 37.1 Å².